The molecule has 19 heavy (non-hydrogen) atoms. The first-order chi connectivity index (χ1) is 9.24. The van der Waals surface area contributed by atoms with E-state index in [1.165, 1.54) is 32.3 Å². The van der Waals surface area contributed by atoms with Gasteiger partial charge in [-0.3, -0.25) is 0 Å². The number of fused-ring (bicyclic) bond motifs is 1. The Morgan fingerprint density at radius 2 is 2.16 bits per heavy atom. The van der Waals surface area contributed by atoms with Crippen LogP contribution in [0.15, 0.2) is 12.4 Å². The molecule has 2 aromatic heterocycles. The van der Waals surface area contributed by atoms with Gasteiger partial charge >= 0.3 is 0 Å². The van der Waals surface area contributed by atoms with Crippen LogP contribution in [0.4, 0.5) is 5.82 Å². The Kier molecular flexibility index (Phi) is 3.52. The van der Waals surface area contributed by atoms with Crippen molar-refractivity contribution < 1.29 is 0 Å². The predicted octanol–water partition coefficient (Wildman–Crippen LogP) is 1.31. The van der Waals surface area contributed by atoms with Crippen LogP contribution in [-0.4, -0.2) is 57.7 Å². The van der Waals surface area contributed by atoms with Crippen LogP contribution in [0.1, 0.15) is 12.8 Å². The molecule has 0 radical (unpaired) electrons. The van der Waals surface area contributed by atoms with Crippen molar-refractivity contribution in [3.8, 4) is 0 Å². The quantitative estimate of drug-likeness (QED) is 0.791. The van der Waals surface area contributed by atoms with E-state index >= 15 is 0 Å². The lowest BCUT2D eigenvalue weighted by atomic mass is 10.4. The minimum Gasteiger partial charge on any atom is -0.358 e. The van der Waals surface area contributed by atoms with Gasteiger partial charge in [0.25, 0.3) is 5.78 Å². The van der Waals surface area contributed by atoms with Gasteiger partial charge in [-0.05, 0) is 25.9 Å². The Morgan fingerprint density at radius 1 is 1.37 bits per heavy atom. The van der Waals surface area contributed by atoms with Crippen LogP contribution in [0.2, 0.25) is 5.15 Å². The average Bonchev–Trinajstić information content (AvgIpc) is 3.05. The monoisotopic (exact) mass is 280 g/mol. The van der Waals surface area contributed by atoms with Crippen LogP contribution < -0.4 is 4.90 Å². The molecule has 0 bridgehead atoms. The van der Waals surface area contributed by atoms with Gasteiger partial charge in [0.05, 0.1) is 0 Å². The zero-order valence-corrected chi connectivity index (χ0v) is 11.7. The molecule has 0 aliphatic carbocycles. The number of likely N-dealkylation sites (N-methyl/N-ethyl adjacent to an activating group) is 1. The fraction of sp³-hybridized carbons (Fsp3) is 0.583. The highest BCUT2D eigenvalue weighted by molar-refractivity contribution is 6.29. The molecule has 2 aromatic rings. The highest BCUT2D eigenvalue weighted by Gasteiger charge is 2.14. The standard InChI is InChI=1S/C12H17ClN6/c1-17(6-7-18-4-2-3-5-18)11-8-10(13)16-12-14-9-15-19(11)12/h8-9H,2-7H2,1H3. The summed E-state index contributed by atoms with van der Waals surface area (Å²) >= 11 is 6.02. The van der Waals surface area contributed by atoms with Crippen molar-refractivity contribution in [1.29, 1.82) is 0 Å². The summed E-state index contributed by atoms with van der Waals surface area (Å²) < 4.78 is 1.72. The van der Waals surface area contributed by atoms with Crippen molar-refractivity contribution in [2.45, 2.75) is 12.8 Å². The zero-order chi connectivity index (χ0) is 13.2. The van der Waals surface area contributed by atoms with Crippen LogP contribution in [0, 0.1) is 0 Å². The maximum atomic E-state index is 6.02. The lowest BCUT2D eigenvalue weighted by molar-refractivity contribution is 0.346. The first-order valence-corrected chi connectivity index (χ1v) is 6.91. The Bertz CT molecular complexity index is 562. The van der Waals surface area contributed by atoms with Crippen LogP contribution in [0.5, 0.6) is 0 Å². The molecule has 3 rings (SSSR count). The summed E-state index contributed by atoms with van der Waals surface area (Å²) in [6, 6.07) is 1.83. The molecule has 0 amide bonds. The third-order valence-electron chi connectivity index (χ3n) is 3.54. The molecule has 7 heteroatoms. The second kappa shape index (κ2) is 5.30. The number of rotatable bonds is 4. The van der Waals surface area contributed by atoms with E-state index < -0.39 is 0 Å². The number of anilines is 1. The summed E-state index contributed by atoms with van der Waals surface area (Å²) in [6.45, 7) is 4.43. The number of nitrogens with zero attached hydrogens (tertiary/aromatic N) is 6. The lowest BCUT2D eigenvalue weighted by Gasteiger charge is -2.23. The van der Waals surface area contributed by atoms with E-state index in [0.717, 1.165) is 18.9 Å². The van der Waals surface area contributed by atoms with E-state index in [-0.39, 0.29) is 0 Å². The van der Waals surface area contributed by atoms with Crippen molar-refractivity contribution in [1.82, 2.24) is 24.5 Å². The van der Waals surface area contributed by atoms with Gasteiger partial charge in [-0.25, -0.2) is 0 Å². The Hall–Kier alpha value is -1.40. The molecule has 0 aromatic carbocycles. The SMILES string of the molecule is CN(CCN1CCCC1)c1cc(Cl)nc2ncnn12. The summed E-state index contributed by atoms with van der Waals surface area (Å²) in [4.78, 5) is 12.8. The van der Waals surface area contributed by atoms with Gasteiger partial charge in [0.2, 0.25) is 0 Å². The van der Waals surface area contributed by atoms with Gasteiger partial charge in [0.15, 0.2) is 0 Å². The minimum atomic E-state index is 0.448. The van der Waals surface area contributed by atoms with E-state index in [2.05, 4.69) is 24.9 Å². The van der Waals surface area contributed by atoms with Crippen molar-refractivity contribution in [2.24, 2.45) is 0 Å². The summed E-state index contributed by atoms with van der Waals surface area (Å²) in [5.74, 6) is 1.46. The van der Waals surface area contributed by atoms with Gasteiger partial charge in [0, 0.05) is 26.2 Å². The molecule has 102 valence electrons. The molecule has 6 nitrogen and oxygen atoms in total. The molecular weight excluding hydrogens is 264 g/mol. The number of aromatic nitrogens is 4. The maximum absolute atomic E-state index is 6.02. The fourth-order valence-corrected chi connectivity index (χ4v) is 2.63. The fourth-order valence-electron chi connectivity index (χ4n) is 2.45. The van der Waals surface area contributed by atoms with Crippen molar-refractivity contribution >= 4 is 23.2 Å². The molecule has 0 atom stereocenters. The van der Waals surface area contributed by atoms with E-state index in [1.54, 1.807) is 4.52 Å². The third kappa shape index (κ3) is 2.64. The number of hydrogen-bond donors (Lipinski definition) is 0. The van der Waals surface area contributed by atoms with Gasteiger partial charge in [-0.15, -0.1) is 0 Å². The van der Waals surface area contributed by atoms with Crippen molar-refractivity contribution in [3.05, 3.63) is 17.5 Å². The van der Waals surface area contributed by atoms with E-state index in [4.69, 9.17) is 11.6 Å². The van der Waals surface area contributed by atoms with Gasteiger partial charge < -0.3 is 9.80 Å². The minimum absolute atomic E-state index is 0.448. The normalized spacial score (nSPS) is 16.3. The van der Waals surface area contributed by atoms with Crippen LogP contribution in [0.25, 0.3) is 5.78 Å². The molecule has 1 fully saturated rings. The van der Waals surface area contributed by atoms with Crippen LogP contribution in [-0.2, 0) is 0 Å². The largest absolute Gasteiger partial charge is 0.358 e. The summed E-state index contributed by atoms with van der Waals surface area (Å²) in [7, 11) is 2.04. The van der Waals surface area contributed by atoms with Gasteiger partial charge in [-0.1, -0.05) is 11.6 Å². The number of likely N-dealkylation sites (tertiary alicyclic amines) is 1. The molecular formula is C12H17ClN6. The number of hydrogen-bond acceptors (Lipinski definition) is 5. The van der Waals surface area contributed by atoms with Crippen molar-refractivity contribution in [3.63, 3.8) is 0 Å². The smallest absolute Gasteiger partial charge is 0.255 e. The first kappa shape index (κ1) is 12.6. The van der Waals surface area contributed by atoms with Gasteiger partial charge in [-0.2, -0.15) is 19.6 Å². The van der Waals surface area contributed by atoms with Crippen molar-refractivity contribution in [2.75, 3.05) is 38.1 Å². The lowest BCUT2D eigenvalue weighted by Crippen LogP contribution is -2.32. The zero-order valence-electron chi connectivity index (χ0n) is 11.0. The predicted molar refractivity (Wildman–Crippen MR) is 74.7 cm³/mol. The summed E-state index contributed by atoms with van der Waals surface area (Å²) in [5.41, 5.74) is 0. The highest BCUT2D eigenvalue weighted by atomic mass is 35.5. The van der Waals surface area contributed by atoms with E-state index in [0.29, 0.717) is 10.9 Å². The molecule has 0 spiro atoms. The Morgan fingerprint density at radius 3 is 2.95 bits per heavy atom. The van der Waals surface area contributed by atoms with E-state index in [1.807, 2.05) is 13.1 Å². The second-order valence-electron chi connectivity index (χ2n) is 4.88. The average molecular weight is 281 g/mol. The third-order valence-corrected chi connectivity index (χ3v) is 3.74. The van der Waals surface area contributed by atoms with Crippen LogP contribution in [0.3, 0.4) is 0 Å². The second-order valence-corrected chi connectivity index (χ2v) is 5.27. The molecule has 0 saturated carbocycles. The Balaban J connectivity index is 1.76. The van der Waals surface area contributed by atoms with Gasteiger partial charge in [0.1, 0.15) is 17.3 Å². The van der Waals surface area contributed by atoms with Crippen LogP contribution >= 0.6 is 11.6 Å². The topological polar surface area (TPSA) is 49.6 Å². The highest BCUT2D eigenvalue weighted by Crippen LogP contribution is 2.18. The Labute approximate surface area is 117 Å². The summed E-state index contributed by atoms with van der Waals surface area (Å²) in [6.07, 6.45) is 4.13. The molecule has 3 heterocycles. The maximum Gasteiger partial charge on any atom is 0.255 e. The summed E-state index contributed by atoms with van der Waals surface area (Å²) in [5, 5.41) is 4.64. The molecule has 1 aliphatic heterocycles. The molecule has 0 unspecified atom stereocenters. The molecule has 0 N–H and O–H groups in total. The van der Waals surface area contributed by atoms with E-state index in [9.17, 15) is 0 Å². The molecule has 1 aliphatic rings. The molecule has 1 saturated heterocycles. The number of halogens is 1. The first-order valence-electron chi connectivity index (χ1n) is 6.54.